The normalized spacial score (nSPS) is 19.1. The van der Waals surface area contributed by atoms with Crippen molar-refractivity contribution in [2.24, 2.45) is 10.9 Å². The molecule has 0 aromatic carbocycles. The number of hydrogen-bond acceptors (Lipinski definition) is 4. The van der Waals surface area contributed by atoms with Crippen LogP contribution in [0, 0.1) is 0 Å². The zero-order valence-electron chi connectivity index (χ0n) is 8.16. The molecule has 6 heteroatoms. The smallest absolute Gasteiger partial charge is 0.234 e. The molecule has 1 amide bonds. The Morgan fingerprint density at radius 2 is 2.36 bits per heavy atom. The molecule has 0 aliphatic heterocycles. The van der Waals surface area contributed by atoms with Crippen molar-refractivity contribution in [2.75, 3.05) is 6.54 Å². The van der Waals surface area contributed by atoms with Gasteiger partial charge < -0.3 is 16.3 Å². The predicted octanol–water partition coefficient (Wildman–Crippen LogP) is -1.01. The Labute approximate surface area is 82.5 Å². The molecule has 1 aliphatic carbocycles. The van der Waals surface area contributed by atoms with Crippen molar-refractivity contribution < 1.29 is 10.0 Å². The molecule has 0 spiro atoms. The Balaban J connectivity index is 2.14. The van der Waals surface area contributed by atoms with Crippen LogP contribution in [-0.2, 0) is 4.79 Å². The van der Waals surface area contributed by atoms with Gasteiger partial charge in [-0.15, -0.1) is 0 Å². The summed E-state index contributed by atoms with van der Waals surface area (Å²) >= 11 is 0. The number of amidine groups is 1. The zero-order chi connectivity index (χ0) is 10.6. The van der Waals surface area contributed by atoms with Gasteiger partial charge in [-0.25, -0.2) is 0 Å². The van der Waals surface area contributed by atoms with E-state index in [9.17, 15) is 4.79 Å². The van der Waals surface area contributed by atoms with Gasteiger partial charge in [0.15, 0.2) is 5.84 Å². The van der Waals surface area contributed by atoms with Crippen molar-refractivity contribution in [1.82, 2.24) is 10.6 Å². The van der Waals surface area contributed by atoms with Crippen molar-refractivity contribution in [3.8, 4) is 0 Å². The Bertz CT molecular complexity index is 237. The van der Waals surface area contributed by atoms with Gasteiger partial charge in [0.2, 0.25) is 5.91 Å². The summed E-state index contributed by atoms with van der Waals surface area (Å²) in [6, 6.07) is 0.0633. The topological polar surface area (TPSA) is 99.7 Å². The lowest BCUT2D eigenvalue weighted by Crippen LogP contribution is -2.44. The van der Waals surface area contributed by atoms with Gasteiger partial charge in [0.25, 0.3) is 0 Å². The van der Waals surface area contributed by atoms with Gasteiger partial charge >= 0.3 is 0 Å². The molecule has 1 rings (SSSR count). The molecule has 1 saturated carbocycles. The number of nitrogens with one attached hydrogen (secondary N) is 2. The second-order valence-corrected chi connectivity index (χ2v) is 3.47. The molecule has 0 aromatic heterocycles. The van der Waals surface area contributed by atoms with E-state index in [1.54, 1.807) is 6.92 Å². The highest BCUT2D eigenvalue weighted by atomic mass is 16.4. The molecule has 1 unspecified atom stereocenters. The number of carbonyl (C=O) groups excluding carboxylic acids is 1. The summed E-state index contributed by atoms with van der Waals surface area (Å²) in [5.74, 6) is 0.0225. The van der Waals surface area contributed by atoms with Gasteiger partial charge in [0, 0.05) is 6.04 Å². The molecular weight excluding hydrogens is 184 g/mol. The average Bonchev–Trinajstić information content (AvgIpc) is 2.96. The van der Waals surface area contributed by atoms with Gasteiger partial charge in [0.05, 0.1) is 12.6 Å². The minimum atomic E-state index is -0.301. The summed E-state index contributed by atoms with van der Waals surface area (Å²) in [6.07, 6.45) is 2.14. The number of rotatable bonds is 5. The number of nitrogens with two attached hydrogens (primary N) is 1. The van der Waals surface area contributed by atoms with Gasteiger partial charge in [-0.3, -0.25) is 10.1 Å². The number of amides is 1. The molecular formula is C8H16N4O2. The molecule has 0 radical (unpaired) electrons. The van der Waals surface area contributed by atoms with Gasteiger partial charge in [-0.1, -0.05) is 5.16 Å². The summed E-state index contributed by atoms with van der Waals surface area (Å²) < 4.78 is 0. The Morgan fingerprint density at radius 3 is 2.86 bits per heavy atom. The number of nitrogens with zero attached hydrogens (tertiary/aromatic N) is 1. The average molecular weight is 200 g/mol. The lowest BCUT2D eigenvalue weighted by atomic mass is 10.3. The van der Waals surface area contributed by atoms with Crippen molar-refractivity contribution in [3.63, 3.8) is 0 Å². The summed E-state index contributed by atoms with van der Waals surface area (Å²) in [7, 11) is 0. The van der Waals surface area contributed by atoms with E-state index in [2.05, 4.69) is 15.8 Å². The molecule has 14 heavy (non-hydrogen) atoms. The number of carbonyl (C=O) groups is 1. The van der Waals surface area contributed by atoms with Crippen molar-refractivity contribution in [2.45, 2.75) is 31.8 Å². The van der Waals surface area contributed by atoms with Gasteiger partial charge in [0.1, 0.15) is 0 Å². The number of hydrogen-bond donors (Lipinski definition) is 4. The van der Waals surface area contributed by atoms with Crippen molar-refractivity contribution in [3.05, 3.63) is 0 Å². The van der Waals surface area contributed by atoms with E-state index in [-0.39, 0.29) is 24.3 Å². The second-order valence-electron chi connectivity index (χ2n) is 3.47. The fourth-order valence-corrected chi connectivity index (χ4v) is 0.943. The van der Waals surface area contributed by atoms with Crippen LogP contribution in [0.4, 0.5) is 0 Å². The minimum absolute atomic E-state index is 0.0508. The Morgan fingerprint density at radius 1 is 1.71 bits per heavy atom. The molecule has 6 nitrogen and oxygen atoms in total. The molecule has 0 aromatic rings. The highest BCUT2D eigenvalue weighted by Crippen LogP contribution is 2.18. The van der Waals surface area contributed by atoms with E-state index >= 15 is 0 Å². The molecule has 1 aliphatic rings. The molecule has 0 heterocycles. The van der Waals surface area contributed by atoms with E-state index in [1.165, 1.54) is 0 Å². The van der Waals surface area contributed by atoms with Gasteiger partial charge in [-0.05, 0) is 19.8 Å². The first kappa shape index (κ1) is 10.8. The maximum absolute atomic E-state index is 11.2. The Kier molecular flexibility index (Phi) is 3.70. The first-order valence-corrected chi connectivity index (χ1v) is 4.63. The highest BCUT2D eigenvalue weighted by molar-refractivity contribution is 5.86. The second kappa shape index (κ2) is 4.80. The van der Waals surface area contributed by atoms with E-state index in [4.69, 9.17) is 10.9 Å². The van der Waals surface area contributed by atoms with Crippen LogP contribution in [0.5, 0.6) is 0 Å². The van der Waals surface area contributed by atoms with Crippen LogP contribution in [-0.4, -0.2) is 35.6 Å². The van der Waals surface area contributed by atoms with Crippen molar-refractivity contribution >= 4 is 11.7 Å². The van der Waals surface area contributed by atoms with Crippen LogP contribution in [0.1, 0.15) is 19.8 Å². The monoisotopic (exact) mass is 200 g/mol. The SMILES string of the molecule is CC(NCC(=O)NC1CC1)C(N)=NO. The van der Waals surface area contributed by atoms with Crippen LogP contribution in [0.3, 0.4) is 0 Å². The lowest BCUT2D eigenvalue weighted by molar-refractivity contribution is -0.120. The molecule has 1 fully saturated rings. The lowest BCUT2D eigenvalue weighted by Gasteiger charge is -2.11. The first-order chi connectivity index (χ1) is 6.63. The Hall–Kier alpha value is -1.30. The fraction of sp³-hybridized carbons (Fsp3) is 0.750. The zero-order valence-corrected chi connectivity index (χ0v) is 8.16. The minimum Gasteiger partial charge on any atom is -0.409 e. The predicted molar refractivity (Wildman–Crippen MR) is 52.0 cm³/mol. The third-order valence-corrected chi connectivity index (χ3v) is 2.07. The maximum atomic E-state index is 11.2. The summed E-state index contributed by atoms with van der Waals surface area (Å²) in [5.41, 5.74) is 5.32. The van der Waals surface area contributed by atoms with Crippen LogP contribution in [0.25, 0.3) is 0 Å². The number of oxime groups is 1. The van der Waals surface area contributed by atoms with E-state index in [0.717, 1.165) is 12.8 Å². The third-order valence-electron chi connectivity index (χ3n) is 2.07. The van der Waals surface area contributed by atoms with E-state index in [0.29, 0.717) is 6.04 Å². The maximum Gasteiger partial charge on any atom is 0.234 e. The van der Waals surface area contributed by atoms with Crippen molar-refractivity contribution in [1.29, 1.82) is 0 Å². The molecule has 1 atom stereocenters. The molecule has 5 N–H and O–H groups in total. The molecule has 0 saturated heterocycles. The fourth-order valence-electron chi connectivity index (χ4n) is 0.943. The van der Waals surface area contributed by atoms with Crippen LogP contribution < -0.4 is 16.4 Å². The van der Waals surface area contributed by atoms with Gasteiger partial charge in [-0.2, -0.15) is 0 Å². The van der Waals surface area contributed by atoms with Crippen LogP contribution in [0.15, 0.2) is 5.16 Å². The summed E-state index contributed by atoms with van der Waals surface area (Å²) in [4.78, 5) is 11.2. The summed E-state index contributed by atoms with van der Waals surface area (Å²) in [6.45, 7) is 1.91. The van der Waals surface area contributed by atoms with Crippen LogP contribution >= 0.6 is 0 Å². The van der Waals surface area contributed by atoms with E-state index in [1.807, 2.05) is 0 Å². The van der Waals surface area contributed by atoms with E-state index < -0.39 is 0 Å². The standard InChI is InChI=1S/C8H16N4O2/c1-5(8(9)12-14)10-4-7(13)11-6-2-3-6/h5-6,10,14H,2-4H2,1H3,(H2,9,12)(H,11,13). The summed E-state index contributed by atoms with van der Waals surface area (Å²) in [5, 5.41) is 16.8. The third kappa shape index (κ3) is 3.61. The molecule has 80 valence electrons. The molecule has 0 bridgehead atoms. The van der Waals surface area contributed by atoms with Crippen LogP contribution in [0.2, 0.25) is 0 Å². The highest BCUT2D eigenvalue weighted by Gasteiger charge is 2.23. The largest absolute Gasteiger partial charge is 0.409 e. The first-order valence-electron chi connectivity index (χ1n) is 4.63. The quantitative estimate of drug-likeness (QED) is 0.198.